The molecule has 0 bridgehead atoms. The van der Waals surface area contributed by atoms with E-state index in [4.69, 9.17) is 5.11 Å². The third kappa shape index (κ3) is 2.95. The molecular formula is C11H20N2O3. The molecule has 0 aromatic rings. The molecule has 1 aliphatic rings. The van der Waals surface area contributed by atoms with Crippen molar-refractivity contribution in [2.24, 2.45) is 11.8 Å². The van der Waals surface area contributed by atoms with Crippen molar-refractivity contribution in [2.75, 3.05) is 27.2 Å². The number of aliphatic carboxylic acids is 1. The van der Waals surface area contributed by atoms with Crippen LogP contribution in [-0.4, -0.2) is 49.1 Å². The Morgan fingerprint density at radius 2 is 2.00 bits per heavy atom. The number of rotatable bonds is 5. The molecule has 2 N–H and O–H groups in total. The number of carbonyl (C=O) groups is 2. The Hall–Kier alpha value is -1.10. The largest absolute Gasteiger partial charge is 0.481 e. The van der Waals surface area contributed by atoms with Crippen LogP contribution in [0.25, 0.3) is 0 Å². The highest BCUT2D eigenvalue weighted by Crippen LogP contribution is 2.33. The number of carboxylic acids is 1. The lowest BCUT2D eigenvalue weighted by Gasteiger charge is -2.23. The number of nitrogens with zero attached hydrogens (tertiary/aromatic N) is 1. The van der Waals surface area contributed by atoms with Gasteiger partial charge in [-0.25, -0.2) is 0 Å². The third-order valence-electron chi connectivity index (χ3n) is 3.22. The van der Waals surface area contributed by atoms with Gasteiger partial charge in [0.2, 0.25) is 5.91 Å². The summed E-state index contributed by atoms with van der Waals surface area (Å²) in [5.41, 5.74) is 0. The van der Waals surface area contributed by atoms with Gasteiger partial charge in [0, 0.05) is 20.1 Å². The molecule has 2 atom stereocenters. The highest BCUT2D eigenvalue weighted by Gasteiger charge is 2.38. The number of hydrogen-bond donors (Lipinski definition) is 2. The van der Waals surface area contributed by atoms with Gasteiger partial charge in [-0.15, -0.1) is 0 Å². The molecule has 1 amide bonds. The van der Waals surface area contributed by atoms with E-state index >= 15 is 0 Å². The normalized spacial score (nSPS) is 24.4. The SMILES string of the molecule is CNCCN(C)C(=O)C1CCCC1C(=O)O. The fourth-order valence-electron chi connectivity index (χ4n) is 2.22. The summed E-state index contributed by atoms with van der Waals surface area (Å²) < 4.78 is 0. The van der Waals surface area contributed by atoms with E-state index in [0.717, 1.165) is 13.0 Å². The molecule has 92 valence electrons. The van der Waals surface area contributed by atoms with Gasteiger partial charge in [-0.2, -0.15) is 0 Å². The van der Waals surface area contributed by atoms with Gasteiger partial charge in [-0.05, 0) is 19.9 Å². The van der Waals surface area contributed by atoms with Crippen LogP contribution in [0.3, 0.4) is 0 Å². The van der Waals surface area contributed by atoms with Gasteiger partial charge >= 0.3 is 5.97 Å². The zero-order valence-electron chi connectivity index (χ0n) is 9.90. The first-order valence-corrected chi connectivity index (χ1v) is 5.70. The fraction of sp³-hybridized carbons (Fsp3) is 0.818. The Morgan fingerprint density at radius 3 is 2.56 bits per heavy atom. The lowest BCUT2D eigenvalue weighted by Crippen LogP contribution is -2.39. The lowest BCUT2D eigenvalue weighted by atomic mass is 9.95. The van der Waals surface area contributed by atoms with Crippen molar-refractivity contribution in [3.63, 3.8) is 0 Å². The summed E-state index contributed by atoms with van der Waals surface area (Å²) in [6.07, 6.45) is 2.18. The smallest absolute Gasteiger partial charge is 0.307 e. The van der Waals surface area contributed by atoms with Crippen molar-refractivity contribution in [1.29, 1.82) is 0 Å². The number of hydrogen-bond acceptors (Lipinski definition) is 3. The molecule has 5 heteroatoms. The van der Waals surface area contributed by atoms with E-state index in [-0.39, 0.29) is 11.8 Å². The fourth-order valence-corrected chi connectivity index (χ4v) is 2.22. The van der Waals surface area contributed by atoms with Gasteiger partial charge in [-0.1, -0.05) is 6.42 Å². The van der Waals surface area contributed by atoms with Gasteiger partial charge in [0.05, 0.1) is 11.8 Å². The molecule has 1 fully saturated rings. The van der Waals surface area contributed by atoms with Gasteiger partial charge in [-0.3, -0.25) is 9.59 Å². The van der Waals surface area contributed by atoms with Crippen molar-refractivity contribution >= 4 is 11.9 Å². The molecule has 0 saturated heterocycles. The van der Waals surface area contributed by atoms with Gasteiger partial charge in [0.25, 0.3) is 0 Å². The quantitative estimate of drug-likeness (QED) is 0.703. The Morgan fingerprint density at radius 1 is 1.38 bits per heavy atom. The molecule has 0 heterocycles. The third-order valence-corrected chi connectivity index (χ3v) is 3.22. The van der Waals surface area contributed by atoms with E-state index in [1.807, 2.05) is 7.05 Å². The molecular weight excluding hydrogens is 208 g/mol. The second-order valence-electron chi connectivity index (χ2n) is 4.35. The minimum atomic E-state index is -0.835. The van der Waals surface area contributed by atoms with E-state index < -0.39 is 11.9 Å². The van der Waals surface area contributed by atoms with Crippen molar-refractivity contribution in [3.8, 4) is 0 Å². The van der Waals surface area contributed by atoms with E-state index in [0.29, 0.717) is 19.4 Å². The van der Waals surface area contributed by atoms with Crippen molar-refractivity contribution in [2.45, 2.75) is 19.3 Å². The van der Waals surface area contributed by atoms with Gasteiger partial charge in [0.1, 0.15) is 0 Å². The van der Waals surface area contributed by atoms with Crippen molar-refractivity contribution in [1.82, 2.24) is 10.2 Å². The maximum Gasteiger partial charge on any atom is 0.307 e. The van der Waals surface area contributed by atoms with E-state index in [1.54, 1.807) is 11.9 Å². The van der Waals surface area contributed by atoms with Crippen molar-refractivity contribution < 1.29 is 14.7 Å². The molecule has 5 nitrogen and oxygen atoms in total. The summed E-state index contributed by atoms with van der Waals surface area (Å²) in [7, 11) is 3.56. The number of carbonyl (C=O) groups excluding carboxylic acids is 1. The van der Waals surface area contributed by atoms with Gasteiger partial charge in [0.15, 0.2) is 0 Å². The van der Waals surface area contributed by atoms with Crippen LogP contribution in [0.2, 0.25) is 0 Å². The summed E-state index contributed by atoms with van der Waals surface area (Å²) >= 11 is 0. The Labute approximate surface area is 95.8 Å². The summed E-state index contributed by atoms with van der Waals surface area (Å²) in [4.78, 5) is 24.6. The summed E-state index contributed by atoms with van der Waals surface area (Å²) in [6.45, 7) is 1.35. The Bertz CT molecular complexity index is 268. The lowest BCUT2D eigenvalue weighted by molar-refractivity contribution is -0.148. The maximum absolute atomic E-state index is 12.0. The second-order valence-corrected chi connectivity index (χ2v) is 4.35. The zero-order chi connectivity index (χ0) is 12.1. The zero-order valence-corrected chi connectivity index (χ0v) is 9.90. The molecule has 0 aliphatic heterocycles. The standard InChI is InChI=1S/C11H20N2O3/c1-12-6-7-13(2)10(14)8-4-3-5-9(8)11(15)16/h8-9,12H,3-7H2,1-2H3,(H,15,16). The van der Waals surface area contributed by atoms with Crippen LogP contribution < -0.4 is 5.32 Å². The number of nitrogens with one attached hydrogen (secondary N) is 1. The van der Waals surface area contributed by atoms with Crippen LogP contribution in [-0.2, 0) is 9.59 Å². The number of amides is 1. The summed E-state index contributed by atoms with van der Waals surface area (Å²) in [6, 6.07) is 0. The van der Waals surface area contributed by atoms with Crippen LogP contribution >= 0.6 is 0 Å². The molecule has 2 unspecified atom stereocenters. The minimum Gasteiger partial charge on any atom is -0.481 e. The highest BCUT2D eigenvalue weighted by molar-refractivity contribution is 5.85. The van der Waals surface area contributed by atoms with Crippen LogP contribution in [0.4, 0.5) is 0 Å². The number of carboxylic acid groups (broad SMARTS) is 1. The molecule has 16 heavy (non-hydrogen) atoms. The van der Waals surface area contributed by atoms with Crippen LogP contribution in [0, 0.1) is 11.8 Å². The molecule has 1 rings (SSSR count). The predicted octanol–water partition coefficient (Wildman–Crippen LogP) is 0.165. The first-order chi connectivity index (χ1) is 7.57. The molecule has 0 radical (unpaired) electrons. The first-order valence-electron chi connectivity index (χ1n) is 5.70. The average Bonchev–Trinajstić information content (AvgIpc) is 2.73. The topological polar surface area (TPSA) is 69.6 Å². The highest BCUT2D eigenvalue weighted by atomic mass is 16.4. The van der Waals surface area contributed by atoms with E-state index in [1.165, 1.54) is 0 Å². The molecule has 0 aromatic carbocycles. The first kappa shape index (κ1) is 13.0. The molecule has 0 aromatic heterocycles. The van der Waals surface area contributed by atoms with E-state index in [9.17, 15) is 9.59 Å². The monoisotopic (exact) mass is 228 g/mol. The minimum absolute atomic E-state index is 0.0276. The Kier molecular flexibility index (Phi) is 4.73. The summed E-state index contributed by atoms with van der Waals surface area (Å²) in [5.74, 6) is -1.66. The van der Waals surface area contributed by atoms with Crippen LogP contribution in [0.5, 0.6) is 0 Å². The molecule has 0 spiro atoms. The Balaban J connectivity index is 2.55. The van der Waals surface area contributed by atoms with Gasteiger partial charge < -0.3 is 15.3 Å². The van der Waals surface area contributed by atoms with Crippen LogP contribution in [0.1, 0.15) is 19.3 Å². The average molecular weight is 228 g/mol. The van der Waals surface area contributed by atoms with Crippen molar-refractivity contribution in [3.05, 3.63) is 0 Å². The maximum atomic E-state index is 12.0. The molecule has 1 aliphatic carbocycles. The predicted molar refractivity (Wildman–Crippen MR) is 60.0 cm³/mol. The molecule has 1 saturated carbocycles. The van der Waals surface area contributed by atoms with Crippen LogP contribution in [0.15, 0.2) is 0 Å². The summed E-state index contributed by atoms with van der Waals surface area (Å²) in [5, 5.41) is 12.0. The number of likely N-dealkylation sites (N-methyl/N-ethyl adjacent to an activating group) is 2. The van der Waals surface area contributed by atoms with E-state index in [2.05, 4.69) is 5.32 Å². The second kappa shape index (κ2) is 5.84.